The van der Waals surface area contributed by atoms with Crippen LogP contribution in [0.3, 0.4) is 0 Å². The van der Waals surface area contributed by atoms with E-state index in [9.17, 15) is 4.79 Å². The number of hydrogen-bond donors (Lipinski definition) is 2. The van der Waals surface area contributed by atoms with Crippen molar-refractivity contribution >= 4 is 18.6 Å². The van der Waals surface area contributed by atoms with E-state index in [4.69, 9.17) is 10.8 Å². The molecular formula is C3H8AcN2O2S-2. The predicted molar refractivity (Wildman–Crippen MR) is 34.9 cm³/mol. The minimum absolute atomic E-state index is 0. The number of carboxylic acid groups (broad SMARTS) is 1. The summed E-state index contributed by atoms with van der Waals surface area (Å²) in [5, 5.41) is 7.95. The average molecular weight is 363 g/mol. The quantitative estimate of drug-likeness (QED) is 0.720. The molecule has 4 N–H and O–H groups in total. The Bertz CT molecular complexity index is 82.2. The number of rotatable bonds is 2. The van der Waals surface area contributed by atoms with Gasteiger partial charge in [0.15, 0.2) is 0 Å². The zero-order chi connectivity index (χ0) is 5.86. The Hall–Kier alpha value is 1.18. The topological polar surface area (TPSA) is 94.6 Å². The zero-order valence-electron chi connectivity index (χ0n) is 4.74. The number of nitrogens with one attached hydrogen (secondary N) is 1. The third kappa shape index (κ3) is 9.18. The van der Waals surface area contributed by atoms with Gasteiger partial charge in [0.05, 0.1) is 0 Å². The maximum absolute atomic E-state index is 9.69. The molecule has 0 spiro atoms. The third-order valence-corrected chi connectivity index (χ3v) is 0.846. The van der Waals surface area contributed by atoms with Crippen molar-refractivity contribution in [3.8, 4) is 0 Å². The SMILES string of the molecule is [Ac].[NH-][C@@H](CS)C(=O)O.[NH2-]. The summed E-state index contributed by atoms with van der Waals surface area (Å²) in [6.07, 6.45) is 0. The first kappa shape index (κ1) is 16.6. The van der Waals surface area contributed by atoms with Gasteiger partial charge in [-0.2, -0.15) is 12.6 Å². The predicted octanol–water partition coefficient (Wildman–Crippen LogP) is 1.14. The van der Waals surface area contributed by atoms with Crippen LogP contribution >= 0.6 is 12.6 Å². The first-order valence-electron chi connectivity index (χ1n) is 1.73. The van der Waals surface area contributed by atoms with Gasteiger partial charge in [-0.1, -0.05) is 0 Å². The van der Waals surface area contributed by atoms with Gasteiger partial charge in [-0.25, -0.2) is 0 Å². The van der Waals surface area contributed by atoms with Crippen LogP contribution < -0.4 is 0 Å². The molecule has 0 aliphatic carbocycles. The first-order chi connectivity index (χ1) is 3.18. The van der Waals surface area contributed by atoms with Crippen LogP contribution in [0, 0.1) is 44.1 Å². The molecule has 6 heteroatoms. The summed E-state index contributed by atoms with van der Waals surface area (Å²) in [6, 6.07) is -1.07. The Labute approximate surface area is 95.1 Å². The molecule has 0 aromatic carbocycles. The number of carbonyl (C=O) groups is 1. The Balaban J connectivity index is -0.000000180. The van der Waals surface area contributed by atoms with E-state index >= 15 is 0 Å². The van der Waals surface area contributed by atoms with E-state index in [1.165, 1.54) is 0 Å². The molecule has 0 heterocycles. The molecule has 0 aromatic rings. The van der Waals surface area contributed by atoms with Crippen LogP contribution in [0.1, 0.15) is 0 Å². The van der Waals surface area contributed by atoms with Crippen LogP contribution in [0.15, 0.2) is 0 Å². The van der Waals surface area contributed by atoms with E-state index in [0.717, 1.165) is 0 Å². The van der Waals surface area contributed by atoms with Gasteiger partial charge in [0, 0.05) is 44.1 Å². The van der Waals surface area contributed by atoms with E-state index < -0.39 is 12.0 Å². The molecule has 0 fully saturated rings. The maximum atomic E-state index is 9.69. The van der Waals surface area contributed by atoms with Crippen LogP contribution in [0.5, 0.6) is 0 Å². The number of thiol groups is 1. The summed E-state index contributed by atoms with van der Waals surface area (Å²) < 4.78 is 0. The largest absolute Gasteiger partial charge is 0.693 e. The minimum atomic E-state index is -1.12. The van der Waals surface area contributed by atoms with E-state index in [1.807, 2.05) is 0 Å². The minimum Gasteiger partial charge on any atom is -0.693 e. The summed E-state index contributed by atoms with van der Waals surface area (Å²) in [7, 11) is 0. The van der Waals surface area contributed by atoms with Crippen molar-refractivity contribution in [2.75, 3.05) is 5.75 Å². The van der Waals surface area contributed by atoms with Gasteiger partial charge in [0.1, 0.15) is 0 Å². The fourth-order valence-corrected chi connectivity index (χ4v) is 0.234. The van der Waals surface area contributed by atoms with Crippen LogP contribution in [0.25, 0.3) is 11.9 Å². The average Bonchev–Trinajstić information content (AvgIpc) is 1.65. The monoisotopic (exact) mass is 363 g/mol. The number of nitrogens with two attached hydrogens (primary N) is 1. The van der Waals surface area contributed by atoms with Crippen LogP contribution in [-0.2, 0) is 4.79 Å². The summed E-state index contributed by atoms with van der Waals surface area (Å²) in [5.74, 6) is -1.04. The van der Waals surface area contributed by atoms with Gasteiger partial charge in [-0.3, -0.25) is 4.79 Å². The van der Waals surface area contributed by atoms with Crippen molar-refractivity contribution in [1.82, 2.24) is 0 Å². The summed E-state index contributed by atoms with van der Waals surface area (Å²) in [6.45, 7) is 0. The van der Waals surface area contributed by atoms with Crippen molar-refractivity contribution in [3.05, 3.63) is 11.9 Å². The van der Waals surface area contributed by atoms with Gasteiger partial charge in [-0.05, 0) is 11.8 Å². The fraction of sp³-hybridized carbons (Fsp3) is 0.667. The standard InChI is InChI=1S/C3H6NO2S.Ac.H2N/c4-2(1-7)3(5)6;;/h2,4,7H,1H2,(H,5,6);;1H2/q-1;;-1/t2-;;/m0../s1. The van der Waals surface area contributed by atoms with E-state index in [1.54, 1.807) is 0 Å². The maximum Gasteiger partial charge on any atom is 0.286 e. The molecule has 0 saturated carbocycles. The second kappa shape index (κ2) is 9.18. The zero-order valence-corrected chi connectivity index (χ0v) is 10.4. The van der Waals surface area contributed by atoms with Gasteiger partial charge in [-0.15, -0.1) is 0 Å². The van der Waals surface area contributed by atoms with E-state index in [2.05, 4.69) is 12.6 Å². The smallest absolute Gasteiger partial charge is 0.286 e. The number of aliphatic carboxylic acids is 1. The van der Waals surface area contributed by atoms with Crippen molar-refractivity contribution in [2.45, 2.75) is 6.04 Å². The summed E-state index contributed by atoms with van der Waals surface area (Å²) in [5.41, 5.74) is 6.60. The molecule has 9 heavy (non-hydrogen) atoms. The Morgan fingerprint density at radius 2 is 2.11 bits per heavy atom. The van der Waals surface area contributed by atoms with Crippen molar-refractivity contribution in [2.24, 2.45) is 0 Å². The molecule has 0 saturated heterocycles. The third-order valence-electron chi connectivity index (χ3n) is 0.481. The van der Waals surface area contributed by atoms with Gasteiger partial charge in [0.25, 0.3) is 5.97 Å². The van der Waals surface area contributed by atoms with E-state index in [-0.39, 0.29) is 56.0 Å². The van der Waals surface area contributed by atoms with Crippen LogP contribution in [0.2, 0.25) is 0 Å². The Morgan fingerprint density at radius 3 is 2.11 bits per heavy atom. The van der Waals surface area contributed by atoms with Gasteiger partial charge >= 0.3 is 0 Å². The van der Waals surface area contributed by atoms with Gasteiger partial charge < -0.3 is 17.0 Å². The van der Waals surface area contributed by atoms with Crippen molar-refractivity contribution in [1.29, 1.82) is 0 Å². The molecule has 0 rings (SSSR count). The number of hydrogen-bond acceptors (Lipinski definition) is 2. The molecule has 1 atom stereocenters. The molecule has 0 aliphatic heterocycles. The molecule has 53 valence electrons. The van der Waals surface area contributed by atoms with Crippen molar-refractivity contribution in [3.63, 3.8) is 0 Å². The Kier molecular flexibility index (Phi) is 17.0. The normalized spacial score (nSPS) is 10.4. The van der Waals surface area contributed by atoms with Crippen LogP contribution in [-0.4, -0.2) is 22.9 Å². The molecule has 0 unspecified atom stereocenters. The molecule has 4 nitrogen and oxygen atoms in total. The molecule has 0 aromatic heterocycles. The fourth-order valence-electron chi connectivity index (χ4n) is 0.0781. The second-order valence-corrected chi connectivity index (χ2v) is 1.44. The molecular weight excluding hydrogens is 355 g/mol. The second-order valence-electron chi connectivity index (χ2n) is 1.07. The molecule has 0 amide bonds. The van der Waals surface area contributed by atoms with E-state index in [0.29, 0.717) is 0 Å². The van der Waals surface area contributed by atoms with Crippen LogP contribution in [0.4, 0.5) is 0 Å². The summed E-state index contributed by atoms with van der Waals surface area (Å²) >= 11 is 3.59. The number of carboxylic acids is 1. The molecule has 1 radical (unpaired) electrons. The first-order valence-corrected chi connectivity index (χ1v) is 2.36. The van der Waals surface area contributed by atoms with Crippen molar-refractivity contribution < 1.29 is 54.0 Å². The van der Waals surface area contributed by atoms with Gasteiger partial charge in [0.2, 0.25) is 0 Å². The molecule has 0 aliphatic rings. The Morgan fingerprint density at radius 1 is 1.78 bits per heavy atom. The summed E-state index contributed by atoms with van der Waals surface area (Å²) in [4.78, 5) is 9.69. The molecule has 0 bridgehead atoms.